The van der Waals surface area contributed by atoms with Crippen LogP contribution in [0.3, 0.4) is 0 Å². The minimum absolute atomic E-state index is 0.0741. The van der Waals surface area contributed by atoms with Gasteiger partial charge in [0.25, 0.3) is 8.32 Å². The number of carbonyl (C=O) groups excluding carboxylic acids is 1. The summed E-state index contributed by atoms with van der Waals surface area (Å²) in [5.74, 6) is 0.711. The predicted octanol–water partition coefficient (Wildman–Crippen LogP) is 4.64. The van der Waals surface area contributed by atoms with Crippen molar-refractivity contribution in [3.63, 3.8) is 0 Å². The van der Waals surface area contributed by atoms with Crippen LogP contribution in [-0.4, -0.2) is 14.3 Å². The fourth-order valence-corrected chi connectivity index (χ4v) is 2.47. The van der Waals surface area contributed by atoms with Crippen molar-refractivity contribution < 1.29 is 14.0 Å². The van der Waals surface area contributed by atoms with E-state index >= 15 is 0 Å². The van der Waals surface area contributed by atoms with Gasteiger partial charge < -0.3 is 9.16 Å². The van der Waals surface area contributed by atoms with Crippen molar-refractivity contribution in [2.75, 3.05) is 0 Å². The molecule has 0 N–H and O–H groups in total. The van der Waals surface area contributed by atoms with E-state index in [0.717, 1.165) is 5.56 Å². The highest BCUT2D eigenvalue weighted by molar-refractivity contribution is 6.74. The Morgan fingerprint density at radius 1 is 1.30 bits per heavy atom. The van der Waals surface area contributed by atoms with E-state index in [9.17, 15) is 4.79 Å². The molecule has 0 bridgehead atoms. The Balaban J connectivity index is 3.24. The van der Waals surface area contributed by atoms with Crippen LogP contribution in [0.4, 0.5) is 0 Å². The molecular formula is C16H24O3Si. The third-order valence-electron chi connectivity index (χ3n) is 3.65. The number of hydrogen-bond donors (Lipinski definition) is 0. The highest BCUT2D eigenvalue weighted by Gasteiger charge is 2.39. The van der Waals surface area contributed by atoms with E-state index in [1.165, 1.54) is 6.92 Å². The van der Waals surface area contributed by atoms with Crippen molar-refractivity contribution in [3.8, 4) is 11.5 Å². The number of esters is 1. The van der Waals surface area contributed by atoms with Gasteiger partial charge in [0.15, 0.2) is 5.75 Å². The van der Waals surface area contributed by atoms with Crippen LogP contribution in [0, 0.1) is 0 Å². The molecule has 3 nitrogen and oxygen atoms in total. The van der Waals surface area contributed by atoms with Gasteiger partial charge in [-0.15, -0.1) is 0 Å². The second-order valence-electron chi connectivity index (χ2n) is 6.33. The van der Waals surface area contributed by atoms with Crippen molar-refractivity contribution in [3.05, 3.63) is 30.3 Å². The lowest BCUT2D eigenvalue weighted by molar-refractivity contribution is -0.132. The lowest BCUT2D eigenvalue weighted by Crippen LogP contribution is -2.44. The maximum atomic E-state index is 11.3. The van der Waals surface area contributed by atoms with Crippen molar-refractivity contribution >= 4 is 20.4 Å². The van der Waals surface area contributed by atoms with Gasteiger partial charge in [0.2, 0.25) is 0 Å². The highest BCUT2D eigenvalue weighted by atomic mass is 28.4. The van der Waals surface area contributed by atoms with Crippen LogP contribution in [0.2, 0.25) is 18.1 Å². The van der Waals surface area contributed by atoms with Crippen LogP contribution in [0.5, 0.6) is 11.5 Å². The number of ether oxygens (including phenoxy) is 1. The van der Waals surface area contributed by atoms with E-state index in [4.69, 9.17) is 9.16 Å². The third kappa shape index (κ3) is 3.73. The zero-order valence-corrected chi connectivity index (χ0v) is 14.2. The van der Waals surface area contributed by atoms with E-state index in [-0.39, 0.29) is 11.0 Å². The lowest BCUT2D eigenvalue weighted by atomic mass is 10.2. The Hall–Kier alpha value is -1.55. The molecule has 1 rings (SSSR count). The summed E-state index contributed by atoms with van der Waals surface area (Å²) in [6, 6.07) is 5.57. The Morgan fingerprint density at radius 2 is 1.90 bits per heavy atom. The average Bonchev–Trinajstić information content (AvgIpc) is 2.28. The van der Waals surface area contributed by atoms with E-state index in [2.05, 4.69) is 40.4 Å². The van der Waals surface area contributed by atoms with Crippen molar-refractivity contribution in [2.24, 2.45) is 0 Å². The summed E-state index contributed by atoms with van der Waals surface area (Å²) in [4.78, 5) is 11.3. The minimum atomic E-state index is -1.99. The zero-order valence-electron chi connectivity index (χ0n) is 13.2. The summed E-state index contributed by atoms with van der Waals surface area (Å²) in [6.07, 6.45) is 1.66. The molecule has 4 heteroatoms. The second-order valence-corrected chi connectivity index (χ2v) is 11.1. The number of hydrogen-bond acceptors (Lipinski definition) is 3. The standard InChI is InChI=1S/C16H24O3Si/c1-8-13-10-9-11-14(15(13)18-12(2)17)19-20(6,7)16(3,4)5/h8-11H,1H2,2-7H3. The molecule has 0 aliphatic rings. The lowest BCUT2D eigenvalue weighted by Gasteiger charge is -2.36. The molecule has 0 spiro atoms. The molecule has 0 unspecified atom stereocenters. The van der Waals surface area contributed by atoms with Gasteiger partial charge in [-0.25, -0.2) is 0 Å². The molecule has 0 fully saturated rings. The molecule has 0 aromatic heterocycles. The van der Waals surface area contributed by atoms with Gasteiger partial charge in [-0.1, -0.05) is 45.6 Å². The van der Waals surface area contributed by atoms with E-state index in [1.807, 2.05) is 18.2 Å². The molecule has 0 aliphatic heterocycles. The van der Waals surface area contributed by atoms with Crippen LogP contribution in [0.15, 0.2) is 24.8 Å². The molecular weight excluding hydrogens is 268 g/mol. The largest absolute Gasteiger partial charge is 0.541 e. The molecule has 0 aliphatic carbocycles. The van der Waals surface area contributed by atoms with E-state index in [1.54, 1.807) is 6.08 Å². The molecule has 0 amide bonds. The van der Waals surface area contributed by atoms with Crippen molar-refractivity contribution in [1.82, 2.24) is 0 Å². The number of rotatable bonds is 4. The SMILES string of the molecule is C=Cc1cccc(O[Si](C)(C)C(C)(C)C)c1OC(C)=O. The fourth-order valence-electron chi connectivity index (χ4n) is 1.45. The quantitative estimate of drug-likeness (QED) is 0.461. The Bertz CT molecular complexity index is 513. The number of carbonyl (C=O) groups is 1. The van der Waals surface area contributed by atoms with Gasteiger partial charge in [-0.2, -0.15) is 0 Å². The third-order valence-corrected chi connectivity index (χ3v) is 7.99. The van der Waals surface area contributed by atoms with E-state index in [0.29, 0.717) is 11.5 Å². The molecule has 110 valence electrons. The van der Waals surface area contributed by atoms with Crippen LogP contribution in [0.1, 0.15) is 33.3 Å². The van der Waals surface area contributed by atoms with Gasteiger partial charge >= 0.3 is 5.97 Å². The molecule has 0 saturated heterocycles. The summed E-state index contributed by atoms with van der Waals surface area (Å²) in [7, 11) is -1.99. The molecule has 1 aromatic carbocycles. The predicted molar refractivity (Wildman–Crippen MR) is 85.7 cm³/mol. The Morgan fingerprint density at radius 3 is 2.35 bits per heavy atom. The van der Waals surface area contributed by atoms with Crippen molar-refractivity contribution in [1.29, 1.82) is 0 Å². The molecule has 20 heavy (non-hydrogen) atoms. The Kier molecular flexibility index (Phi) is 4.81. The normalized spacial score (nSPS) is 11.9. The summed E-state index contributed by atoms with van der Waals surface area (Å²) in [6.45, 7) is 16.0. The summed E-state index contributed by atoms with van der Waals surface area (Å²) < 4.78 is 11.6. The molecule has 0 heterocycles. The van der Waals surface area contributed by atoms with Gasteiger partial charge in [0, 0.05) is 12.5 Å². The van der Waals surface area contributed by atoms with Crippen LogP contribution in [0.25, 0.3) is 6.08 Å². The smallest absolute Gasteiger partial charge is 0.308 e. The molecule has 0 radical (unpaired) electrons. The fraction of sp³-hybridized carbons (Fsp3) is 0.438. The first kappa shape index (κ1) is 16.5. The monoisotopic (exact) mass is 292 g/mol. The topological polar surface area (TPSA) is 35.5 Å². The number of benzene rings is 1. The summed E-state index contributed by atoms with van der Waals surface area (Å²) in [5, 5.41) is 0.0741. The van der Waals surface area contributed by atoms with Gasteiger partial charge in [-0.05, 0) is 24.2 Å². The maximum absolute atomic E-state index is 11.3. The van der Waals surface area contributed by atoms with Crippen LogP contribution >= 0.6 is 0 Å². The molecule has 0 saturated carbocycles. The first-order chi connectivity index (χ1) is 9.08. The van der Waals surface area contributed by atoms with Gasteiger partial charge in [-0.3, -0.25) is 4.79 Å². The van der Waals surface area contributed by atoms with Crippen molar-refractivity contribution in [2.45, 2.75) is 45.8 Å². The first-order valence-corrected chi connectivity index (χ1v) is 9.62. The van der Waals surface area contributed by atoms with Crippen LogP contribution < -0.4 is 9.16 Å². The van der Waals surface area contributed by atoms with E-state index < -0.39 is 8.32 Å². The average molecular weight is 292 g/mol. The molecule has 0 atom stereocenters. The summed E-state index contributed by atoms with van der Waals surface area (Å²) >= 11 is 0. The first-order valence-electron chi connectivity index (χ1n) is 6.71. The molecule has 1 aromatic rings. The van der Waals surface area contributed by atoms with Gasteiger partial charge in [0.1, 0.15) is 5.75 Å². The van der Waals surface area contributed by atoms with Crippen LogP contribution in [-0.2, 0) is 4.79 Å². The zero-order chi connectivity index (χ0) is 15.6. The minimum Gasteiger partial charge on any atom is -0.541 e. The second kappa shape index (κ2) is 5.83. The Labute approximate surface area is 122 Å². The maximum Gasteiger partial charge on any atom is 0.308 e. The number of para-hydroxylation sites is 1. The highest BCUT2D eigenvalue weighted by Crippen LogP contribution is 2.41. The summed E-state index contributed by atoms with van der Waals surface area (Å²) in [5.41, 5.74) is 0.761. The van der Waals surface area contributed by atoms with Gasteiger partial charge in [0.05, 0.1) is 0 Å².